The fraction of sp³-hybridized carbons (Fsp3) is 0.786. The molecule has 1 unspecified atom stereocenters. The van der Waals surface area contributed by atoms with Crippen LogP contribution < -0.4 is 10.6 Å². The van der Waals surface area contributed by atoms with Crippen LogP contribution in [0.15, 0.2) is 0 Å². The molecule has 0 radical (unpaired) electrons. The van der Waals surface area contributed by atoms with Gasteiger partial charge in [-0.25, -0.2) is 4.79 Å². The van der Waals surface area contributed by atoms with Gasteiger partial charge in [0.15, 0.2) is 0 Å². The smallest absolute Gasteiger partial charge is 0.315 e. The normalized spacial score (nSPS) is 11.9. The zero-order valence-corrected chi connectivity index (χ0v) is 13.3. The monoisotopic (exact) mass is 301 g/mol. The predicted octanol–water partition coefficient (Wildman–Crippen LogP) is 1.04. The van der Waals surface area contributed by atoms with E-state index < -0.39 is 18.0 Å². The number of urea groups is 1. The molecule has 7 nitrogen and oxygen atoms in total. The molecule has 122 valence electrons. The second kappa shape index (κ2) is 10.0. The van der Waals surface area contributed by atoms with Crippen molar-refractivity contribution in [3.8, 4) is 0 Å². The van der Waals surface area contributed by atoms with Gasteiger partial charge in [0.2, 0.25) is 5.91 Å². The summed E-state index contributed by atoms with van der Waals surface area (Å²) in [5.41, 5.74) is 0. The Labute approximate surface area is 126 Å². The second-order valence-corrected chi connectivity index (χ2v) is 5.16. The number of nitrogens with zero attached hydrogens (tertiary/aromatic N) is 1. The highest BCUT2D eigenvalue weighted by atomic mass is 16.4. The van der Waals surface area contributed by atoms with Gasteiger partial charge in [-0.1, -0.05) is 13.8 Å². The average Bonchev–Trinajstić information content (AvgIpc) is 2.38. The highest BCUT2D eigenvalue weighted by Crippen LogP contribution is 2.05. The second-order valence-electron chi connectivity index (χ2n) is 5.16. The fourth-order valence-corrected chi connectivity index (χ4v) is 1.88. The van der Waals surface area contributed by atoms with E-state index in [0.29, 0.717) is 13.1 Å². The van der Waals surface area contributed by atoms with E-state index in [-0.39, 0.29) is 31.2 Å². The van der Waals surface area contributed by atoms with Crippen molar-refractivity contribution < 1.29 is 19.5 Å². The molecule has 3 N–H and O–H groups in total. The minimum atomic E-state index is -0.953. The van der Waals surface area contributed by atoms with Gasteiger partial charge in [0.1, 0.15) is 0 Å². The molecule has 0 aliphatic rings. The van der Waals surface area contributed by atoms with Gasteiger partial charge in [0, 0.05) is 32.1 Å². The minimum Gasteiger partial charge on any atom is -0.481 e. The van der Waals surface area contributed by atoms with Crippen LogP contribution in [-0.4, -0.2) is 53.6 Å². The highest BCUT2D eigenvalue weighted by molar-refractivity contribution is 5.78. The van der Waals surface area contributed by atoms with Crippen LogP contribution in [-0.2, 0) is 9.59 Å². The van der Waals surface area contributed by atoms with Gasteiger partial charge < -0.3 is 20.6 Å². The lowest BCUT2D eigenvalue weighted by atomic mass is 10.0. The molecule has 0 rings (SSSR count). The van der Waals surface area contributed by atoms with Gasteiger partial charge in [0.05, 0.1) is 6.42 Å². The Kier molecular flexibility index (Phi) is 9.16. The maximum absolute atomic E-state index is 11.7. The van der Waals surface area contributed by atoms with Gasteiger partial charge in [0.25, 0.3) is 0 Å². The maximum atomic E-state index is 11.7. The first kappa shape index (κ1) is 19.2. The molecule has 1 atom stereocenters. The molecule has 0 aromatic rings. The third kappa shape index (κ3) is 8.16. The first-order chi connectivity index (χ1) is 9.81. The summed E-state index contributed by atoms with van der Waals surface area (Å²) in [5, 5.41) is 14.0. The van der Waals surface area contributed by atoms with Crippen molar-refractivity contribution in [2.45, 2.75) is 46.6 Å². The summed E-state index contributed by atoms with van der Waals surface area (Å²) in [6.07, 6.45) is 0.115. The lowest BCUT2D eigenvalue weighted by molar-refractivity contribution is -0.137. The molecule has 0 spiro atoms. The number of aliphatic carboxylic acids is 1. The van der Waals surface area contributed by atoms with Gasteiger partial charge in [-0.15, -0.1) is 0 Å². The number of amides is 3. The standard InChI is InChI=1S/C14H27N3O4/c1-5-17(6-2)12(18)7-8-15-14(21)16-11(10(3)4)9-13(19)20/h10-11H,5-9H2,1-4H3,(H,19,20)(H2,15,16,21). The summed E-state index contributed by atoms with van der Waals surface area (Å²) in [6, 6.07) is -0.872. The Bertz CT molecular complexity index is 354. The van der Waals surface area contributed by atoms with Crippen LogP contribution in [0.5, 0.6) is 0 Å². The summed E-state index contributed by atoms with van der Waals surface area (Å²) in [7, 11) is 0. The van der Waals surface area contributed by atoms with Crippen molar-refractivity contribution >= 4 is 17.9 Å². The summed E-state index contributed by atoms with van der Waals surface area (Å²) in [4.78, 5) is 35.8. The number of carbonyl (C=O) groups is 3. The average molecular weight is 301 g/mol. The molecule has 0 aromatic carbocycles. The quantitative estimate of drug-likeness (QED) is 0.592. The van der Waals surface area contributed by atoms with Gasteiger partial charge in [-0.3, -0.25) is 9.59 Å². The summed E-state index contributed by atoms with van der Waals surface area (Å²) < 4.78 is 0. The molecule has 0 heterocycles. The molecule has 0 fully saturated rings. The Hall–Kier alpha value is -1.79. The van der Waals surface area contributed by atoms with E-state index in [9.17, 15) is 14.4 Å². The van der Waals surface area contributed by atoms with Crippen LogP contribution in [0.4, 0.5) is 4.79 Å². The SMILES string of the molecule is CCN(CC)C(=O)CCNC(=O)NC(CC(=O)O)C(C)C. The Morgan fingerprint density at radius 1 is 1.14 bits per heavy atom. The molecule has 0 bridgehead atoms. The maximum Gasteiger partial charge on any atom is 0.315 e. The number of hydrogen-bond donors (Lipinski definition) is 3. The number of rotatable bonds is 9. The number of carbonyl (C=O) groups excluding carboxylic acids is 2. The highest BCUT2D eigenvalue weighted by Gasteiger charge is 2.19. The number of carboxylic acid groups (broad SMARTS) is 1. The first-order valence-corrected chi connectivity index (χ1v) is 7.35. The summed E-state index contributed by atoms with van der Waals surface area (Å²) in [6.45, 7) is 9.03. The van der Waals surface area contributed by atoms with Crippen molar-refractivity contribution in [2.75, 3.05) is 19.6 Å². The zero-order chi connectivity index (χ0) is 16.4. The van der Waals surface area contributed by atoms with E-state index in [1.807, 2.05) is 27.7 Å². The van der Waals surface area contributed by atoms with E-state index in [4.69, 9.17) is 5.11 Å². The Morgan fingerprint density at radius 2 is 1.71 bits per heavy atom. The lowest BCUT2D eigenvalue weighted by Crippen LogP contribution is -2.46. The topological polar surface area (TPSA) is 98.7 Å². The van der Waals surface area contributed by atoms with Gasteiger partial charge >= 0.3 is 12.0 Å². The van der Waals surface area contributed by atoms with Crippen molar-refractivity contribution in [1.82, 2.24) is 15.5 Å². The Morgan fingerprint density at radius 3 is 2.14 bits per heavy atom. The number of nitrogens with one attached hydrogen (secondary N) is 2. The van der Waals surface area contributed by atoms with Crippen LogP contribution in [0.2, 0.25) is 0 Å². The van der Waals surface area contributed by atoms with Crippen molar-refractivity contribution in [3.63, 3.8) is 0 Å². The van der Waals surface area contributed by atoms with Gasteiger partial charge in [-0.2, -0.15) is 0 Å². The lowest BCUT2D eigenvalue weighted by Gasteiger charge is -2.21. The van der Waals surface area contributed by atoms with E-state index >= 15 is 0 Å². The third-order valence-corrected chi connectivity index (χ3v) is 3.26. The molecule has 0 aliphatic carbocycles. The predicted molar refractivity (Wildman–Crippen MR) is 80.0 cm³/mol. The van der Waals surface area contributed by atoms with Crippen LogP contribution >= 0.6 is 0 Å². The number of hydrogen-bond acceptors (Lipinski definition) is 3. The van der Waals surface area contributed by atoms with Crippen LogP contribution in [0.3, 0.4) is 0 Å². The van der Waals surface area contributed by atoms with Gasteiger partial charge in [-0.05, 0) is 19.8 Å². The molecular formula is C14H27N3O4. The van der Waals surface area contributed by atoms with Crippen molar-refractivity contribution in [3.05, 3.63) is 0 Å². The third-order valence-electron chi connectivity index (χ3n) is 3.26. The summed E-state index contributed by atoms with van der Waals surface area (Å²) >= 11 is 0. The van der Waals surface area contributed by atoms with E-state index in [0.717, 1.165) is 0 Å². The fourth-order valence-electron chi connectivity index (χ4n) is 1.88. The van der Waals surface area contributed by atoms with E-state index in [1.165, 1.54) is 0 Å². The van der Waals surface area contributed by atoms with E-state index in [2.05, 4.69) is 10.6 Å². The summed E-state index contributed by atoms with van der Waals surface area (Å²) in [5.74, 6) is -0.943. The Balaban J connectivity index is 4.14. The molecule has 0 saturated heterocycles. The molecular weight excluding hydrogens is 274 g/mol. The minimum absolute atomic E-state index is 0.00811. The largest absolute Gasteiger partial charge is 0.481 e. The molecule has 3 amide bonds. The molecule has 21 heavy (non-hydrogen) atoms. The van der Waals surface area contributed by atoms with E-state index in [1.54, 1.807) is 4.90 Å². The molecule has 7 heteroatoms. The van der Waals surface area contributed by atoms with Crippen molar-refractivity contribution in [1.29, 1.82) is 0 Å². The molecule has 0 saturated carbocycles. The van der Waals surface area contributed by atoms with Crippen LogP contribution in [0.1, 0.15) is 40.5 Å². The van der Waals surface area contributed by atoms with Crippen LogP contribution in [0, 0.1) is 5.92 Å². The first-order valence-electron chi connectivity index (χ1n) is 7.35. The van der Waals surface area contributed by atoms with Crippen molar-refractivity contribution in [2.24, 2.45) is 5.92 Å². The zero-order valence-electron chi connectivity index (χ0n) is 13.3. The molecule has 0 aliphatic heterocycles. The number of carboxylic acids is 1. The van der Waals surface area contributed by atoms with Crippen LogP contribution in [0.25, 0.3) is 0 Å². The molecule has 0 aromatic heterocycles.